The molecule has 0 fully saturated rings. The molecular weight excluding hydrogens is 240 g/mol. The van der Waals surface area contributed by atoms with Crippen LogP contribution in [0, 0.1) is 6.92 Å². The van der Waals surface area contributed by atoms with Crippen LogP contribution >= 0.6 is 0 Å². The minimum Gasteiger partial charge on any atom is -0.486 e. The highest BCUT2D eigenvalue weighted by atomic mass is 16.6. The van der Waals surface area contributed by atoms with E-state index in [4.69, 9.17) is 9.47 Å². The molecule has 0 spiro atoms. The van der Waals surface area contributed by atoms with E-state index >= 15 is 0 Å². The van der Waals surface area contributed by atoms with Gasteiger partial charge in [-0.15, -0.1) is 0 Å². The zero-order valence-corrected chi connectivity index (χ0v) is 10.7. The van der Waals surface area contributed by atoms with E-state index < -0.39 is 0 Å². The van der Waals surface area contributed by atoms with Crippen molar-refractivity contribution < 1.29 is 14.3 Å². The third-order valence-corrected chi connectivity index (χ3v) is 3.20. The monoisotopic (exact) mass is 254 g/mol. The van der Waals surface area contributed by atoms with Gasteiger partial charge in [-0.3, -0.25) is 4.79 Å². The topological polar surface area (TPSA) is 35.5 Å². The van der Waals surface area contributed by atoms with Gasteiger partial charge in [0.2, 0.25) is 0 Å². The summed E-state index contributed by atoms with van der Waals surface area (Å²) >= 11 is 0. The van der Waals surface area contributed by atoms with Crippen LogP contribution in [0.15, 0.2) is 42.5 Å². The Morgan fingerprint density at radius 3 is 2.53 bits per heavy atom. The quantitative estimate of drug-likeness (QED) is 0.773. The van der Waals surface area contributed by atoms with E-state index in [9.17, 15) is 4.79 Å². The van der Waals surface area contributed by atoms with Gasteiger partial charge in [-0.1, -0.05) is 30.3 Å². The SMILES string of the molecule is Cc1ccccc1C(=O)c1cccc2c1OCCO2. The molecule has 0 saturated carbocycles. The second kappa shape index (κ2) is 4.76. The minimum absolute atomic E-state index is 0.0274. The molecule has 1 aliphatic rings. The first kappa shape index (κ1) is 11.8. The Morgan fingerprint density at radius 1 is 0.947 bits per heavy atom. The second-order valence-corrected chi connectivity index (χ2v) is 4.47. The lowest BCUT2D eigenvalue weighted by Crippen LogP contribution is -2.18. The molecule has 3 nitrogen and oxygen atoms in total. The number of hydrogen-bond donors (Lipinski definition) is 0. The lowest BCUT2D eigenvalue weighted by atomic mass is 9.98. The van der Waals surface area contributed by atoms with Crippen LogP contribution < -0.4 is 9.47 Å². The summed E-state index contributed by atoms with van der Waals surface area (Å²) in [5.41, 5.74) is 2.22. The van der Waals surface area contributed by atoms with Gasteiger partial charge in [-0.25, -0.2) is 0 Å². The number of ether oxygens (including phenoxy) is 2. The number of para-hydroxylation sites is 1. The predicted octanol–water partition coefficient (Wildman–Crippen LogP) is 3.00. The Morgan fingerprint density at radius 2 is 1.68 bits per heavy atom. The van der Waals surface area contributed by atoms with E-state index in [0.717, 1.165) is 5.56 Å². The Hall–Kier alpha value is -2.29. The maximum Gasteiger partial charge on any atom is 0.197 e. The van der Waals surface area contributed by atoms with Crippen LogP contribution in [0.2, 0.25) is 0 Å². The fraction of sp³-hybridized carbons (Fsp3) is 0.188. The van der Waals surface area contributed by atoms with Crippen LogP contribution in [0.1, 0.15) is 21.5 Å². The molecule has 0 saturated heterocycles. The standard InChI is InChI=1S/C16H14O3/c1-11-5-2-3-6-12(11)15(17)13-7-4-8-14-16(13)19-10-9-18-14/h2-8H,9-10H2,1H3. The van der Waals surface area contributed by atoms with Gasteiger partial charge in [0.15, 0.2) is 17.3 Å². The van der Waals surface area contributed by atoms with Crippen molar-refractivity contribution in [3.63, 3.8) is 0 Å². The average Bonchev–Trinajstić information content (AvgIpc) is 2.46. The maximum absolute atomic E-state index is 12.6. The molecule has 19 heavy (non-hydrogen) atoms. The van der Waals surface area contributed by atoms with Crippen molar-refractivity contribution in [3.8, 4) is 11.5 Å². The summed E-state index contributed by atoms with van der Waals surface area (Å²) in [5.74, 6) is 1.17. The summed E-state index contributed by atoms with van der Waals surface area (Å²) < 4.78 is 11.1. The smallest absolute Gasteiger partial charge is 0.197 e. The van der Waals surface area contributed by atoms with Crippen LogP contribution in [0.5, 0.6) is 11.5 Å². The molecule has 2 aromatic carbocycles. The summed E-state index contributed by atoms with van der Waals surface area (Å²) in [6.07, 6.45) is 0. The molecule has 3 heteroatoms. The first-order valence-electron chi connectivity index (χ1n) is 6.26. The molecule has 96 valence electrons. The zero-order chi connectivity index (χ0) is 13.2. The predicted molar refractivity (Wildman–Crippen MR) is 72.0 cm³/mol. The first-order chi connectivity index (χ1) is 9.27. The van der Waals surface area contributed by atoms with E-state index in [1.54, 1.807) is 6.07 Å². The van der Waals surface area contributed by atoms with Crippen LogP contribution in [0.4, 0.5) is 0 Å². The van der Waals surface area contributed by atoms with Gasteiger partial charge < -0.3 is 9.47 Å². The van der Waals surface area contributed by atoms with E-state index in [2.05, 4.69) is 0 Å². The molecule has 0 bridgehead atoms. The van der Waals surface area contributed by atoms with E-state index in [1.807, 2.05) is 43.3 Å². The van der Waals surface area contributed by atoms with Crippen LogP contribution in [0.25, 0.3) is 0 Å². The van der Waals surface area contributed by atoms with Crippen LogP contribution in [0.3, 0.4) is 0 Å². The Balaban J connectivity index is 2.08. The summed E-state index contributed by atoms with van der Waals surface area (Å²) in [4.78, 5) is 12.6. The van der Waals surface area contributed by atoms with Gasteiger partial charge in [0.05, 0.1) is 5.56 Å². The molecule has 2 aromatic rings. The van der Waals surface area contributed by atoms with Gasteiger partial charge in [-0.05, 0) is 24.6 Å². The zero-order valence-electron chi connectivity index (χ0n) is 10.7. The van der Waals surface area contributed by atoms with E-state index in [-0.39, 0.29) is 5.78 Å². The number of hydrogen-bond acceptors (Lipinski definition) is 3. The fourth-order valence-electron chi connectivity index (χ4n) is 2.23. The number of ketones is 1. The molecule has 0 amide bonds. The Labute approximate surface area is 111 Å². The third kappa shape index (κ3) is 2.08. The largest absolute Gasteiger partial charge is 0.486 e. The summed E-state index contributed by atoms with van der Waals surface area (Å²) in [6.45, 7) is 2.93. The lowest BCUT2D eigenvalue weighted by molar-refractivity contribution is 0.102. The summed E-state index contributed by atoms with van der Waals surface area (Å²) in [6, 6.07) is 13.0. The van der Waals surface area contributed by atoms with E-state index in [1.165, 1.54) is 0 Å². The number of aryl methyl sites for hydroxylation is 1. The minimum atomic E-state index is -0.0274. The highest BCUT2D eigenvalue weighted by Gasteiger charge is 2.21. The fourth-order valence-corrected chi connectivity index (χ4v) is 2.23. The van der Waals surface area contributed by atoms with Gasteiger partial charge in [0, 0.05) is 5.56 Å². The third-order valence-electron chi connectivity index (χ3n) is 3.20. The molecule has 0 unspecified atom stereocenters. The molecule has 1 heterocycles. The van der Waals surface area contributed by atoms with Crippen molar-refractivity contribution in [3.05, 3.63) is 59.2 Å². The number of fused-ring (bicyclic) bond motifs is 1. The number of benzene rings is 2. The number of rotatable bonds is 2. The van der Waals surface area contributed by atoms with Crippen LogP contribution in [-0.2, 0) is 0 Å². The van der Waals surface area contributed by atoms with Gasteiger partial charge in [0.1, 0.15) is 13.2 Å². The van der Waals surface area contributed by atoms with Crippen molar-refractivity contribution >= 4 is 5.78 Å². The van der Waals surface area contributed by atoms with Gasteiger partial charge in [0.25, 0.3) is 0 Å². The average molecular weight is 254 g/mol. The Kier molecular flexibility index (Phi) is 2.95. The number of carbonyl (C=O) groups is 1. The van der Waals surface area contributed by atoms with Crippen molar-refractivity contribution in [2.24, 2.45) is 0 Å². The second-order valence-electron chi connectivity index (χ2n) is 4.47. The maximum atomic E-state index is 12.6. The highest BCUT2D eigenvalue weighted by molar-refractivity contribution is 6.12. The van der Waals surface area contributed by atoms with Crippen molar-refractivity contribution in [2.45, 2.75) is 6.92 Å². The van der Waals surface area contributed by atoms with Gasteiger partial charge in [-0.2, -0.15) is 0 Å². The van der Waals surface area contributed by atoms with Crippen LogP contribution in [-0.4, -0.2) is 19.0 Å². The molecule has 1 aliphatic heterocycles. The molecule has 0 aromatic heterocycles. The van der Waals surface area contributed by atoms with Crippen molar-refractivity contribution in [1.29, 1.82) is 0 Å². The first-order valence-corrected chi connectivity index (χ1v) is 6.26. The number of carbonyl (C=O) groups excluding carboxylic acids is 1. The highest BCUT2D eigenvalue weighted by Crippen LogP contribution is 2.35. The molecule has 0 aliphatic carbocycles. The lowest BCUT2D eigenvalue weighted by Gasteiger charge is -2.20. The normalized spacial score (nSPS) is 13.1. The molecule has 0 radical (unpaired) electrons. The van der Waals surface area contributed by atoms with Crippen molar-refractivity contribution in [2.75, 3.05) is 13.2 Å². The molecule has 0 atom stereocenters. The molecule has 0 N–H and O–H groups in total. The van der Waals surface area contributed by atoms with Crippen molar-refractivity contribution in [1.82, 2.24) is 0 Å². The van der Waals surface area contributed by atoms with E-state index in [0.29, 0.717) is 35.8 Å². The molecule has 3 rings (SSSR count). The summed E-state index contributed by atoms with van der Waals surface area (Å²) in [7, 11) is 0. The summed E-state index contributed by atoms with van der Waals surface area (Å²) in [5, 5.41) is 0. The van der Waals surface area contributed by atoms with Gasteiger partial charge >= 0.3 is 0 Å². The molecular formula is C16H14O3. The Bertz CT molecular complexity index is 632.